The van der Waals surface area contributed by atoms with Crippen LogP contribution in [0.4, 0.5) is 9.93 Å². The van der Waals surface area contributed by atoms with Crippen molar-refractivity contribution >= 4 is 67.2 Å². The molecule has 0 radical (unpaired) electrons. The van der Waals surface area contributed by atoms with E-state index < -0.39 is 5.54 Å². The standard InChI is InChI=1S/C21H24N6S2.C18H23N7O2S.C18H18N6O3S/c1-21(2,19-23-20(25-29-19)27-9-7-22-14-27)24-17-5-8-26(13-17)12-15-3-4-18-16(11-15)6-10-28-18;1-18(2,24(3)17-22-16(23-28-17)25-11-20-10-21-25)6-7-19-9-13-4-5-14-15(8-13)27-12-26-14;25-17(20-6-3-12-1-2-13-14(9-12)27-11-26-13)22-18(4-5-18)15-21-16(23-28-15)24-8-7-19-10-24/h3-4,6-7,9-11,14,17,24H,5,8,12-13H2,1-2H3;4-5,8,10-11,19H,6-7,9,12H2,1-3H3;1-2,7-10H,3-6,11H2,(H2,20,22,25). The van der Waals surface area contributed by atoms with Gasteiger partial charge in [-0.3, -0.25) is 14.0 Å². The summed E-state index contributed by atoms with van der Waals surface area (Å²) in [6.07, 6.45) is 18.1. The number of hydrogen-bond donors (Lipinski definition) is 4. The second kappa shape index (κ2) is 25.3. The predicted octanol–water partition coefficient (Wildman–Crippen LogP) is 8.26. The van der Waals surface area contributed by atoms with Crippen LogP contribution in [0, 0.1) is 0 Å². The lowest BCUT2D eigenvalue weighted by atomic mass is 9.99. The fraction of sp³-hybridized carbons (Fsp3) is 0.386. The molecule has 0 bridgehead atoms. The van der Waals surface area contributed by atoms with Gasteiger partial charge in [0.2, 0.25) is 30.6 Å². The molecule has 10 heterocycles. The highest BCUT2D eigenvalue weighted by molar-refractivity contribution is 7.17. The van der Waals surface area contributed by atoms with Crippen molar-refractivity contribution in [2.45, 2.75) is 95.5 Å². The Morgan fingerprint density at radius 2 is 1.46 bits per heavy atom. The van der Waals surface area contributed by atoms with E-state index in [2.05, 4.69) is 138 Å². The Labute approximate surface area is 507 Å². The SMILES string of the molecule is CC(C)(NC1CCN(Cc2ccc3sccc3c2)C1)c1nc(-n2ccnc2)ns1.CN(c1nc(-n2cncn2)ns1)C(C)(C)CCNCc1ccc2c(c1)OCO2.O=C(NCCc1ccc2c(c1)OCO2)NC1(c2nc(-n3ccnc3)ns2)CC1. The molecule has 24 nitrogen and oxygen atoms in total. The van der Waals surface area contributed by atoms with Crippen molar-refractivity contribution in [1.82, 2.24) is 88.1 Å². The molecule has 2 fully saturated rings. The number of nitrogens with one attached hydrogen (secondary N) is 4. The number of rotatable bonds is 20. The van der Waals surface area contributed by atoms with Crippen molar-refractivity contribution in [1.29, 1.82) is 0 Å². The van der Waals surface area contributed by atoms with Gasteiger partial charge in [-0.25, -0.2) is 29.7 Å². The Kier molecular flexibility index (Phi) is 17.1. The Hall–Kier alpha value is -7.99. The van der Waals surface area contributed by atoms with E-state index >= 15 is 0 Å². The second-order valence-corrected chi connectivity index (χ2v) is 25.3. The Morgan fingerprint density at radius 3 is 2.19 bits per heavy atom. The number of likely N-dealkylation sites (tertiary alicyclic amines) is 1. The molecule has 1 aliphatic carbocycles. The average molecular weight is 1220 g/mol. The van der Waals surface area contributed by atoms with E-state index in [-0.39, 0.29) is 23.9 Å². The monoisotopic (exact) mass is 1220 g/mol. The smallest absolute Gasteiger partial charge is 0.315 e. The molecule has 10 aromatic rings. The fourth-order valence-electron chi connectivity index (χ4n) is 9.93. The first-order chi connectivity index (χ1) is 41.3. The van der Waals surface area contributed by atoms with Crippen LogP contribution >= 0.6 is 45.9 Å². The van der Waals surface area contributed by atoms with Crippen LogP contribution in [0.15, 0.2) is 116 Å². The molecular weight excluding hydrogens is 1160 g/mol. The molecule has 1 saturated heterocycles. The molecule has 3 aliphatic heterocycles. The minimum absolute atomic E-state index is 0.0823. The summed E-state index contributed by atoms with van der Waals surface area (Å²) in [7, 11) is 2.05. The zero-order valence-electron chi connectivity index (χ0n) is 47.6. The summed E-state index contributed by atoms with van der Waals surface area (Å²) in [5.41, 5.74) is 2.95. The van der Waals surface area contributed by atoms with Crippen LogP contribution in [0.3, 0.4) is 0 Å². The molecule has 1 atom stereocenters. The van der Waals surface area contributed by atoms with Crippen LogP contribution in [-0.2, 0) is 30.6 Å². The van der Waals surface area contributed by atoms with Crippen molar-refractivity contribution in [3.63, 3.8) is 0 Å². The summed E-state index contributed by atoms with van der Waals surface area (Å²) in [6, 6.07) is 21.2. The molecule has 2 amide bonds. The highest BCUT2D eigenvalue weighted by atomic mass is 32.1. The summed E-state index contributed by atoms with van der Waals surface area (Å²) in [5.74, 6) is 4.96. The zero-order chi connectivity index (χ0) is 58.4. The number of amides is 2. The molecule has 1 saturated carbocycles. The maximum Gasteiger partial charge on any atom is 0.315 e. The van der Waals surface area contributed by atoms with Crippen molar-refractivity contribution in [3.8, 4) is 40.8 Å². The first kappa shape index (κ1) is 57.4. The number of ether oxygens (including phenoxy) is 4. The molecule has 85 heavy (non-hydrogen) atoms. The van der Waals surface area contributed by atoms with Gasteiger partial charge in [0.15, 0.2) is 23.0 Å². The van der Waals surface area contributed by atoms with Gasteiger partial charge in [0.1, 0.15) is 35.3 Å². The second-order valence-electron chi connectivity index (χ2n) is 22.1. The minimum atomic E-state index is -0.403. The number of fused-ring (bicyclic) bond motifs is 3. The van der Waals surface area contributed by atoms with E-state index in [9.17, 15) is 4.79 Å². The van der Waals surface area contributed by atoms with Gasteiger partial charge in [-0.05, 0) is 159 Å². The number of nitrogens with zero attached hydrogens (tertiary/aromatic N) is 15. The van der Waals surface area contributed by atoms with E-state index in [0.717, 1.165) is 102 Å². The van der Waals surface area contributed by atoms with Crippen LogP contribution in [0.5, 0.6) is 23.0 Å². The normalized spacial score (nSPS) is 15.8. The first-order valence-electron chi connectivity index (χ1n) is 27.9. The molecule has 28 heteroatoms. The number of urea groups is 1. The maximum absolute atomic E-state index is 12.4. The summed E-state index contributed by atoms with van der Waals surface area (Å²) in [6.45, 7) is 14.7. The molecule has 3 aromatic carbocycles. The first-order valence-corrected chi connectivity index (χ1v) is 31.1. The van der Waals surface area contributed by atoms with Crippen LogP contribution < -0.4 is 45.1 Å². The third kappa shape index (κ3) is 13.9. The average Bonchev–Trinajstić information content (AvgIpc) is 3.27. The number of imidazole rings is 2. The van der Waals surface area contributed by atoms with E-state index in [1.807, 2.05) is 48.1 Å². The predicted molar refractivity (Wildman–Crippen MR) is 326 cm³/mol. The number of carbonyl (C=O) groups is 1. The number of carbonyl (C=O) groups excluding carboxylic acids is 1. The fourth-order valence-corrected chi connectivity index (χ4v) is 13.1. The molecule has 1 unspecified atom stereocenters. The van der Waals surface area contributed by atoms with Gasteiger partial charge in [-0.1, -0.05) is 18.2 Å². The Morgan fingerprint density at radius 1 is 0.753 bits per heavy atom. The van der Waals surface area contributed by atoms with Gasteiger partial charge in [-0.15, -0.1) is 15.7 Å². The molecule has 14 rings (SSSR count). The maximum atomic E-state index is 12.4. The zero-order valence-corrected chi connectivity index (χ0v) is 50.9. The van der Waals surface area contributed by atoms with E-state index in [0.29, 0.717) is 43.6 Å². The number of anilines is 1. The lowest BCUT2D eigenvalue weighted by Crippen LogP contribution is -2.45. The van der Waals surface area contributed by atoms with E-state index in [1.165, 1.54) is 62.1 Å². The highest BCUT2D eigenvalue weighted by Gasteiger charge is 2.49. The van der Waals surface area contributed by atoms with Crippen LogP contribution in [0.1, 0.15) is 80.1 Å². The molecule has 442 valence electrons. The minimum Gasteiger partial charge on any atom is -0.454 e. The third-order valence-corrected chi connectivity index (χ3v) is 18.8. The van der Waals surface area contributed by atoms with Gasteiger partial charge in [0.05, 0.1) is 11.1 Å². The van der Waals surface area contributed by atoms with Gasteiger partial charge >= 0.3 is 6.03 Å². The number of benzene rings is 3. The lowest BCUT2D eigenvalue weighted by molar-refractivity contribution is 0.173. The van der Waals surface area contributed by atoms with E-state index in [4.69, 9.17) is 23.9 Å². The van der Waals surface area contributed by atoms with Gasteiger partial charge in [-0.2, -0.15) is 23.5 Å². The summed E-state index contributed by atoms with van der Waals surface area (Å²) < 4.78 is 41.2. The quantitative estimate of drug-likeness (QED) is 0.0524. The largest absolute Gasteiger partial charge is 0.454 e. The molecular formula is C57H65N19O5S4. The Balaban J connectivity index is 0.000000125. The van der Waals surface area contributed by atoms with Gasteiger partial charge < -0.3 is 45.1 Å². The van der Waals surface area contributed by atoms with Gasteiger partial charge in [0.25, 0.3) is 5.95 Å². The topological polar surface area (TPSA) is 252 Å². The van der Waals surface area contributed by atoms with Crippen molar-refractivity contribution < 1.29 is 23.7 Å². The molecule has 4 aliphatic rings. The van der Waals surface area contributed by atoms with Crippen molar-refractivity contribution in [3.05, 3.63) is 143 Å². The summed E-state index contributed by atoms with van der Waals surface area (Å²) in [4.78, 5) is 42.9. The van der Waals surface area contributed by atoms with Crippen LogP contribution in [0.25, 0.3) is 27.9 Å². The van der Waals surface area contributed by atoms with Crippen LogP contribution in [0.2, 0.25) is 0 Å². The van der Waals surface area contributed by atoms with Crippen molar-refractivity contribution in [2.24, 2.45) is 0 Å². The lowest BCUT2D eigenvalue weighted by Gasteiger charge is -2.35. The summed E-state index contributed by atoms with van der Waals surface area (Å²) >= 11 is 5.94. The third-order valence-electron chi connectivity index (χ3n) is 15.1. The number of hydrogen-bond acceptors (Lipinski definition) is 23. The molecule has 7 aromatic heterocycles. The molecule has 4 N–H and O–H groups in total. The highest BCUT2D eigenvalue weighted by Crippen LogP contribution is 2.46. The van der Waals surface area contributed by atoms with E-state index in [1.54, 1.807) is 58.2 Å². The summed E-state index contributed by atoms with van der Waals surface area (Å²) in [5, 5.41) is 23.6. The number of aromatic nitrogens is 13. The van der Waals surface area contributed by atoms with Crippen molar-refractivity contribution in [2.75, 3.05) is 51.7 Å². The van der Waals surface area contributed by atoms with Gasteiger partial charge in [0, 0.05) is 92.4 Å². The molecule has 0 spiro atoms. The van der Waals surface area contributed by atoms with Crippen LogP contribution in [-0.4, -0.2) is 131 Å². The Bertz CT molecular complexity index is 3800. The number of thiophene rings is 1.